The fourth-order valence-electron chi connectivity index (χ4n) is 4.29. The molecule has 1 aliphatic rings. The van der Waals surface area contributed by atoms with Crippen LogP contribution in [0.15, 0.2) is 18.2 Å². The molecule has 0 atom stereocenters. The van der Waals surface area contributed by atoms with Crippen molar-refractivity contribution in [1.29, 1.82) is 0 Å². The number of aromatic amines is 1. The van der Waals surface area contributed by atoms with Crippen molar-refractivity contribution < 1.29 is 0 Å². The lowest BCUT2D eigenvalue weighted by Gasteiger charge is -2.38. The predicted molar refractivity (Wildman–Crippen MR) is 123 cm³/mol. The van der Waals surface area contributed by atoms with Crippen LogP contribution in [0.4, 0.5) is 11.5 Å². The van der Waals surface area contributed by atoms with E-state index in [0.717, 1.165) is 79.7 Å². The summed E-state index contributed by atoms with van der Waals surface area (Å²) < 4.78 is 0. The molecule has 0 saturated carbocycles. The summed E-state index contributed by atoms with van der Waals surface area (Å²) in [7, 11) is 0. The maximum Gasteiger partial charge on any atom is 0.150 e. The normalized spacial score (nSPS) is 16.2. The Morgan fingerprint density at radius 2 is 1.86 bits per heavy atom. The Morgan fingerprint density at radius 3 is 2.55 bits per heavy atom. The van der Waals surface area contributed by atoms with Crippen LogP contribution in [0.2, 0.25) is 0 Å². The summed E-state index contributed by atoms with van der Waals surface area (Å²) in [6.07, 6.45) is 3.22. The van der Waals surface area contributed by atoms with Gasteiger partial charge in [0.15, 0.2) is 0 Å². The van der Waals surface area contributed by atoms with Gasteiger partial charge in [-0.3, -0.25) is 4.90 Å². The number of piperazine rings is 1. The molecule has 3 N–H and O–H groups in total. The number of nitrogens with two attached hydrogens (primary N) is 1. The van der Waals surface area contributed by atoms with Crippen LogP contribution in [0, 0.1) is 5.41 Å². The maximum atomic E-state index is 6.21. The van der Waals surface area contributed by atoms with Crippen LogP contribution >= 0.6 is 0 Å². The third-order valence-electron chi connectivity index (χ3n) is 5.69. The molecule has 4 rings (SSSR count). The first-order valence-corrected chi connectivity index (χ1v) is 10.9. The van der Waals surface area contributed by atoms with Crippen molar-refractivity contribution in [3.63, 3.8) is 0 Å². The van der Waals surface area contributed by atoms with E-state index in [4.69, 9.17) is 10.7 Å². The van der Waals surface area contributed by atoms with Gasteiger partial charge in [0, 0.05) is 50.2 Å². The third kappa shape index (κ3) is 4.32. The first-order valence-electron chi connectivity index (χ1n) is 10.9. The lowest BCUT2D eigenvalue weighted by Crippen LogP contribution is -2.48. The zero-order chi connectivity index (χ0) is 20.6. The van der Waals surface area contributed by atoms with Crippen molar-refractivity contribution in [2.24, 2.45) is 5.41 Å². The van der Waals surface area contributed by atoms with Crippen LogP contribution in [-0.4, -0.2) is 52.6 Å². The van der Waals surface area contributed by atoms with Gasteiger partial charge in [-0.25, -0.2) is 9.97 Å². The van der Waals surface area contributed by atoms with Crippen molar-refractivity contribution >= 4 is 33.4 Å². The fraction of sp³-hybridized carbons (Fsp3) is 0.565. The molecule has 3 aromatic rings. The SMILES string of the molecule is CCCCc1nc2c([nH]1)c(N)nc1ccc(N3CCN(CC(C)(C)C)CC3)cc12. The molecule has 0 unspecified atom stereocenters. The van der Waals surface area contributed by atoms with Gasteiger partial charge in [-0.2, -0.15) is 0 Å². The van der Waals surface area contributed by atoms with Crippen LogP contribution in [-0.2, 0) is 6.42 Å². The number of anilines is 2. The molecular formula is C23H34N6. The summed E-state index contributed by atoms with van der Waals surface area (Å²) in [4.78, 5) is 17.9. The highest BCUT2D eigenvalue weighted by molar-refractivity contribution is 6.07. The Morgan fingerprint density at radius 1 is 1.10 bits per heavy atom. The number of pyridine rings is 1. The lowest BCUT2D eigenvalue weighted by atomic mass is 9.96. The van der Waals surface area contributed by atoms with Gasteiger partial charge in [0.25, 0.3) is 0 Å². The van der Waals surface area contributed by atoms with Crippen LogP contribution in [0.25, 0.3) is 21.9 Å². The number of nitrogens with zero attached hydrogens (tertiary/aromatic N) is 4. The maximum absolute atomic E-state index is 6.21. The summed E-state index contributed by atoms with van der Waals surface area (Å²) in [6.45, 7) is 14.6. The second kappa shape index (κ2) is 7.82. The number of hydrogen-bond acceptors (Lipinski definition) is 5. The largest absolute Gasteiger partial charge is 0.382 e. The minimum absolute atomic E-state index is 0.345. The molecule has 2 aromatic heterocycles. The highest BCUT2D eigenvalue weighted by atomic mass is 15.3. The van der Waals surface area contributed by atoms with Gasteiger partial charge in [0.05, 0.1) is 5.52 Å². The monoisotopic (exact) mass is 394 g/mol. The van der Waals surface area contributed by atoms with Crippen molar-refractivity contribution in [3.8, 4) is 0 Å². The second-order valence-electron chi connectivity index (χ2n) is 9.53. The molecule has 0 spiro atoms. The number of benzene rings is 1. The fourth-order valence-corrected chi connectivity index (χ4v) is 4.29. The zero-order valence-electron chi connectivity index (χ0n) is 18.3. The number of unbranched alkanes of at least 4 members (excludes halogenated alkanes) is 1. The van der Waals surface area contributed by atoms with E-state index in [0.29, 0.717) is 11.2 Å². The van der Waals surface area contributed by atoms with E-state index in [1.54, 1.807) is 0 Å². The number of nitrogen functional groups attached to an aromatic ring is 1. The van der Waals surface area contributed by atoms with Gasteiger partial charge < -0.3 is 15.6 Å². The molecule has 6 nitrogen and oxygen atoms in total. The highest BCUT2D eigenvalue weighted by Gasteiger charge is 2.22. The van der Waals surface area contributed by atoms with Gasteiger partial charge in [0.1, 0.15) is 22.7 Å². The molecule has 0 amide bonds. The van der Waals surface area contributed by atoms with E-state index in [1.807, 2.05) is 0 Å². The van der Waals surface area contributed by atoms with Crippen molar-refractivity contribution in [2.75, 3.05) is 43.4 Å². The number of H-pyrrole nitrogens is 1. The third-order valence-corrected chi connectivity index (χ3v) is 5.69. The predicted octanol–water partition coefficient (Wildman–Crippen LogP) is 4.20. The Bertz CT molecular complexity index is 992. The first-order chi connectivity index (χ1) is 13.8. The average molecular weight is 395 g/mol. The van der Waals surface area contributed by atoms with Crippen LogP contribution < -0.4 is 10.6 Å². The molecule has 1 fully saturated rings. The second-order valence-corrected chi connectivity index (χ2v) is 9.53. The summed E-state index contributed by atoms with van der Waals surface area (Å²) in [6, 6.07) is 6.50. The molecule has 29 heavy (non-hydrogen) atoms. The van der Waals surface area contributed by atoms with E-state index in [2.05, 4.69) is 65.7 Å². The number of imidazole rings is 1. The molecule has 0 radical (unpaired) electrons. The number of rotatable bonds is 5. The van der Waals surface area contributed by atoms with E-state index in [-0.39, 0.29) is 0 Å². The minimum Gasteiger partial charge on any atom is -0.382 e. The minimum atomic E-state index is 0.345. The smallest absolute Gasteiger partial charge is 0.150 e. The van der Waals surface area contributed by atoms with Crippen molar-refractivity contribution in [2.45, 2.75) is 47.0 Å². The highest BCUT2D eigenvalue weighted by Crippen LogP contribution is 2.30. The van der Waals surface area contributed by atoms with E-state index in [9.17, 15) is 0 Å². The quantitative estimate of drug-likeness (QED) is 0.678. The molecule has 1 saturated heterocycles. The molecule has 1 aliphatic heterocycles. The Labute approximate surface area is 173 Å². The average Bonchev–Trinajstić information content (AvgIpc) is 3.11. The Kier molecular flexibility index (Phi) is 5.38. The number of aryl methyl sites for hydroxylation is 1. The van der Waals surface area contributed by atoms with Crippen molar-refractivity contribution in [1.82, 2.24) is 19.9 Å². The molecule has 0 bridgehead atoms. The van der Waals surface area contributed by atoms with Crippen molar-refractivity contribution in [3.05, 3.63) is 24.0 Å². The molecule has 0 aliphatic carbocycles. The summed E-state index contributed by atoms with van der Waals surface area (Å²) in [5.41, 5.74) is 10.5. The van der Waals surface area contributed by atoms with Crippen LogP contribution in [0.1, 0.15) is 46.4 Å². The molecule has 6 heteroatoms. The van der Waals surface area contributed by atoms with Gasteiger partial charge in [-0.1, -0.05) is 34.1 Å². The van der Waals surface area contributed by atoms with E-state index < -0.39 is 0 Å². The summed E-state index contributed by atoms with van der Waals surface area (Å²) >= 11 is 0. The molecule has 1 aromatic carbocycles. The Hall–Kier alpha value is -2.34. The zero-order valence-corrected chi connectivity index (χ0v) is 18.3. The van der Waals surface area contributed by atoms with Gasteiger partial charge in [0.2, 0.25) is 0 Å². The first kappa shape index (κ1) is 20.0. The molecule has 3 heterocycles. The summed E-state index contributed by atoms with van der Waals surface area (Å²) in [5.74, 6) is 1.54. The van der Waals surface area contributed by atoms with Gasteiger partial charge >= 0.3 is 0 Å². The van der Waals surface area contributed by atoms with Crippen LogP contribution in [0.3, 0.4) is 0 Å². The number of aromatic nitrogens is 3. The van der Waals surface area contributed by atoms with Gasteiger partial charge in [-0.05, 0) is 30.0 Å². The Balaban J connectivity index is 1.61. The topological polar surface area (TPSA) is 74.1 Å². The van der Waals surface area contributed by atoms with E-state index >= 15 is 0 Å². The lowest BCUT2D eigenvalue weighted by molar-refractivity contribution is 0.182. The number of nitrogens with one attached hydrogen (secondary N) is 1. The van der Waals surface area contributed by atoms with E-state index in [1.165, 1.54) is 5.69 Å². The standard InChI is InChI=1S/C23H34N6/c1-5-6-7-19-26-20-17-14-16(8-9-18(17)25-22(24)21(20)27-19)29-12-10-28(11-13-29)15-23(2,3)4/h8-9,14H,5-7,10-13,15H2,1-4H3,(H2,24,25)(H,26,27). The molecular weight excluding hydrogens is 360 g/mol. The number of hydrogen-bond donors (Lipinski definition) is 2. The van der Waals surface area contributed by atoms with Gasteiger partial charge in [-0.15, -0.1) is 0 Å². The summed E-state index contributed by atoms with van der Waals surface area (Å²) in [5, 5.41) is 1.09. The van der Waals surface area contributed by atoms with Crippen LogP contribution in [0.5, 0.6) is 0 Å². The number of fused-ring (bicyclic) bond motifs is 3. The molecule has 156 valence electrons.